The number of rotatable bonds is 3. The first-order valence-corrected chi connectivity index (χ1v) is 4.94. The minimum atomic E-state index is 0.475. The molecule has 0 unspecified atom stereocenters. The van der Waals surface area contributed by atoms with Crippen molar-refractivity contribution in [1.82, 2.24) is 0 Å². The Morgan fingerprint density at radius 1 is 1.14 bits per heavy atom. The fraction of sp³-hybridized carbons (Fsp3) is 0.500. The van der Waals surface area contributed by atoms with Crippen LogP contribution in [0.2, 0.25) is 0 Å². The molecule has 0 aliphatic rings. The molecule has 0 aliphatic heterocycles. The van der Waals surface area contributed by atoms with Gasteiger partial charge in [-0.2, -0.15) is 0 Å². The molecule has 0 rings (SSSR count). The molecule has 0 bridgehead atoms. The van der Waals surface area contributed by atoms with E-state index >= 15 is 0 Å². The molecule has 0 radical (unpaired) electrons. The molecule has 0 saturated carbocycles. The van der Waals surface area contributed by atoms with E-state index in [4.69, 9.17) is 10.5 Å². The third kappa shape index (κ3) is 13.4. The van der Waals surface area contributed by atoms with E-state index in [-0.39, 0.29) is 0 Å². The Balaban J connectivity index is -0.000000266. The molecule has 0 fully saturated rings. The SMILES string of the molecule is C=C(C)/C=C(/N)C(=C)OC.CC.CC. The maximum absolute atomic E-state index is 5.50. The first kappa shape index (κ1) is 18.6. The summed E-state index contributed by atoms with van der Waals surface area (Å²) in [5.41, 5.74) is 6.91. The van der Waals surface area contributed by atoms with Crippen molar-refractivity contribution in [2.24, 2.45) is 5.73 Å². The van der Waals surface area contributed by atoms with Gasteiger partial charge in [0.05, 0.1) is 12.8 Å². The van der Waals surface area contributed by atoms with Gasteiger partial charge in [0.1, 0.15) is 5.76 Å². The van der Waals surface area contributed by atoms with Crippen molar-refractivity contribution in [3.63, 3.8) is 0 Å². The smallest absolute Gasteiger partial charge is 0.134 e. The van der Waals surface area contributed by atoms with Gasteiger partial charge in [-0.05, 0) is 13.0 Å². The van der Waals surface area contributed by atoms with Gasteiger partial charge in [0.2, 0.25) is 0 Å². The van der Waals surface area contributed by atoms with Crippen LogP contribution in [0.5, 0.6) is 0 Å². The number of ether oxygens (including phenoxy) is 1. The van der Waals surface area contributed by atoms with Crippen LogP contribution >= 0.6 is 0 Å². The molecule has 0 heterocycles. The molecule has 2 heteroatoms. The molecular formula is C12H25NO. The quantitative estimate of drug-likeness (QED) is 0.556. The third-order valence-electron chi connectivity index (χ3n) is 0.970. The summed E-state index contributed by atoms with van der Waals surface area (Å²) in [6.45, 7) is 17.1. The van der Waals surface area contributed by atoms with Crippen LogP contribution in [-0.2, 0) is 4.74 Å². The summed E-state index contributed by atoms with van der Waals surface area (Å²) in [5.74, 6) is 0.475. The van der Waals surface area contributed by atoms with Crippen molar-refractivity contribution in [2.75, 3.05) is 7.11 Å². The van der Waals surface area contributed by atoms with Crippen LogP contribution in [0.4, 0.5) is 0 Å². The molecule has 0 spiro atoms. The van der Waals surface area contributed by atoms with Crippen molar-refractivity contribution >= 4 is 0 Å². The van der Waals surface area contributed by atoms with E-state index in [1.54, 1.807) is 6.08 Å². The molecule has 0 amide bonds. The average molecular weight is 199 g/mol. The maximum Gasteiger partial charge on any atom is 0.134 e. The summed E-state index contributed by atoms with van der Waals surface area (Å²) < 4.78 is 4.78. The molecule has 0 aromatic rings. The predicted molar refractivity (Wildman–Crippen MR) is 65.9 cm³/mol. The molecule has 0 atom stereocenters. The van der Waals surface area contributed by atoms with Crippen LogP contribution < -0.4 is 5.73 Å². The van der Waals surface area contributed by atoms with E-state index in [9.17, 15) is 0 Å². The molecule has 0 aliphatic carbocycles. The number of hydrogen-bond donors (Lipinski definition) is 1. The summed E-state index contributed by atoms with van der Waals surface area (Å²) in [6, 6.07) is 0. The van der Waals surface area contributed by atoms with Gasteiger partial charge in [-0.25, -0.2) is 0 Å². The summed E-state index contributed by atoms with van der Waals surface area (Å²) in [5, 5.41) is 0. The number of allylic oxidation sites excluding steroid dienone is 2. The second-order valence-corrected chi connectivity index (χ2v) is 2.07. The fourth-order valence-corrected chi connectivity index (χ4v) is 0.464. The Kier molecular flexibility index (Phi) is 19.0. The van der Waals surface area contributed by atoms with E-state index in [0.717, 1.165) is 5.57 Å². The minimum Gasteiger partial charge on any atom is -0.495 e. The van der Waals surface area contributed by atoms with Crippen LogP contribution in [0.15, 0.2) is 36.3 Å². The zero-order valence-corrected chi connectivity index (χ0v) is 10.5. The zero-order valence-electron chi connectivity index (χ0n) is 10.5. The standard InChI is InChI=1S/C8H13NO.2C2H6/c1-6(2)5-8(9)7(3)10-4;2*1-2/h5H,1,3,9H2,2,4H3;2*1-2H3/b8-5+;;. The van der Waals surface area contributed by atoms with Gasteiger partial charge in [-0.1, -0.05) is 46.4 Å². The number of nitrogens with two attached hydrogens (primary N) is 1. The Bertz CT molecular complexity index is 181. The van der Waals surface area contributed by atoms with Crippen molar-refractivity contribution in [2.45, 2.75) is 34.6 Å². The average Bonchev–Trinajstić information content (AvgIpc) is 2.21. The monoisotopic (exact) mass is 199 g/mol. The maximum atomic E-state index is 5.50. The van der Waals surface area contributed by atoms with E-state index < -0.39 is 0 Å². The summed E-state index contributed by atoms with van der Waals surface area (Å²) in [7, 11) is 1.53. The van der Waals surface area contributed by atoms with E-state index in [1.807, 2.05) is 34.6 Å². The Hall–Kier alpha value is -1.18. The predicted octanol–water partition coefficient (Wildman–Crippen LogP) is 3.62. The molecule has 2 nitrogen and oxygen atoms in total. The second kappa shape index (κ2) is 14.3. The van der Waals surface area contributed by atoms with E-state index in [1.165, 1.54) is 7.11 Å². The minimum absolute atomic E-state index is 0.475. The molecule has 0 aromatic heterocycles. The van der Waals surface area contributed by atoms with Crippen molar-refractivity contribution < 1.29 is 4.74 Å². The lowest BCUT2D eigenvalue weighted by Gasteiger charge is -2.02. The second-order valence-electron chi connectivity index (χ2n) is 2.07. The molecular weight excluding hydrogens is 174 g/mol. The molecule has 84 valence electrons. The molecule has 2 N–H and O–H groups in total. The lowest BCUT2D eigenvalue weighted by Crippen LogP contribution is -2.01. The van der Waals surface area contributed by atoms with Gasteiger partial charge < -0.3 is 10.5 Å². The number of methoxy groups -OCH3 is 1. The highest BCUT2D eigenvalue weighted by Crippen LogP contribution is 2.03. The zero-order chi connectivity index (χ0) is 12.1. The van der Waals surface area contributed by atoms with Crippen LogP contribution in [0.3, 0.4) is 0 Å². The summed E-state index contributed by atoms with van der Waals surface area (Å²) >= 11 is 0. The molecule has 0 aromatic carbocycles. The first-order valence-electron chi connectivity index (χ1n) is 4.94. The lowest BCUT2D eigenvalue weighted by atomic mass is 10.2. The first-order chi connectivity index (χ1) is 6.57. The number of hydrogen-bond acceptors (Lipinski definition) is 2. The van der Waals surface area contributed by atoms with Crippen molar-refractivity contribution in [3.8, 4) is 0 Å². The largest absolute Gasteiger partial charge is 0.495 e. The highest BCUT2D eigenvalue weighted by molar-refractivity contribution is 5.27. The normalized spacial score (nSPS) is 8.57. The van der Waals surface area contributed by atoms with Crippen molar-refractivity contribution in [1.29, 1.82) is 0 Å². The van der Waals surface area contributed by atoms with Gasteiger partial charge in [0, 0.05) is 0 Å². The lowest BCUT2D eigenvalue weighted by molar-refractivity contribution is 0.302. The highest BCUT2D eigenvalue weighted by Gasteiger charge is 1.93. The van der Waals surface area contributed by atoms with Crippen LogP contribution in [-0.4, -0.2) is 7.11 Å². The highest BCUT2D eigenvalue weighted by atomic mass is 16.5. The summed E-state index contributed by atoms with van der Waals surface area (Å²) in [4.78, 5) is 0. The van der Waals surface area contributed by atoms with Gasteiger partial charge >= 0.3 is 0 Å². The molecule has 14 heavy (non-hydrogen) atoms. The third-order valence-corrected chi connectivity index (χ3v) is 0.970. The summed E-state index contributed by atoms with van der Waals surface area (Å²) in [6.07, 6.45) is 1.71. The molecule has 0 saturated heterocycles. The Labute approximate surface area is 89.1 Å². The van der Waals surface area contributed by atoms with Crippen molar-refractivity contribution in [3.05, 3.63) is 36.3 Å². The Morgan fingerprint density at radius 3 is 1.71 bits per heavy atom. The van der Waals surface area contributed by atoms with Gasteiger partial charge in [0.25, 0.3) is 0 Å². The van der Waals surface area contributed by atoms with E-state index in [2.05, 4.69) is 13.2 Å². The van der Waals surface area contributed by atoms with Crippen LogP contribution in [0, 0.1) is 0 Å². The van der Waals surface area contributed by atoms with Gasteiger partial charge in [-0.15, -0.1) is 0 Å². The van der Waals surface area contributed by atoms with E-state index in [0.29, 0.717) is 11.5 Å². The van der Waals surface area contributed by atoms with Gasteiger partial charge in [-0.3, -0.25) is 0 Å². The fourth-order valence-electron chi connectivity index (χ4n) is 0.464. The Morgan fingerprint density at radius 2 is 1.50 bits per heavy atom. The van der Waals surface area contributed by atoms with Crippen LogP contribution in [0.1, 0.15) is 34.6 Å². The topological polar surface area (TPSA) is 35.2 Å². The van der Waals surface area contributed by atoms with Crippen LogP contribution in [0.25, 0.3) is 0 Å². The van der Waals surface area contributed by atoms with Gasteiger partial charge in [0.15, 0.2) is 0 Å².